The maximum absolute atomic E-state index is 11.5. The Morgan fingerprint density at radius 1 is 0.833 bits per heavy atom. The number of hydrogen-bond acceptors (Lipinski definition) is 6. The molecule has 0 radical (unpaired) electrons. The number of carboxylic acids is 2. The molecular formula is C16H30N4O4. The van der Waals surface area contributed by atoms with E-state index in [1.165, 1.54) is 0 Å². The van der Waals surface area contributed by atoms with Gasteiger partial charge < -0.3 is 25.7 Å². The highest BCUT2D eigenvalue weighted by atomic mass is 16.4. The number of rotatable bonds is 4. The van der Waals surface area contributed by atoms with E-state index in [1.807, 2.05) is 0 Å². The van der Waals surface area contributed by atoms with E-state index in [1.54, 1.807) is 0 Å². The first kappa shape index (κ1) is 19.1. The zero-order valence-electron chi connectivity index (χ0n) is 14.3. The molecule has 2 saturated heterocycles. The van der Waals surface area contributed by atoms with E-state index >= 15 is 0 Å². The third-order valence-corrected chi connectivity index (χ3v) is 4.99. The summed E-state index contributed by atoms with van der Waals surface area (Å²) in [6, 6.07) is 0. The van der Waals surface area contributed by atoms with Crippen molar-refractivity contribution in [1.82, 2.24) is 20.4 Å². The quantitative estimate of drug-likeness (QED) is 0.530. The minimum absolute atomic E-state index is 0.153. The third-order valence-electron chi connectivity index (χ3n) is 4.99. The first-order chi connectivity index (χ1) is 11.5. The second-order valence-electron chi connectivity index (χ2n) is 6.83. The standard InChI is InChI=1S/C16H30N4O4/c21-14(22)11-16(12-15(23)24)13-18-4-1-6-19-8-5-17-3-2-7-20(16)10-9-19/h17-18H,1-13H2,(H,21,22)(H,23,24). The molecular weight excluding hydrogens is 312 g/mol. The molecule has 2 aliphatic heterocycles. The van der Waals surface area contributed by atoms with Crippen LogP contribution in [-0.4, -0.2) is 96.4 Å². The number of hydrogen-bond donors (Lipinski definition) is 4. The lowest BCUT2D eigenvalue weighted by Crippen LogP contribution is -2.60. The van der Waals surface area contributed by atoms with Crippen molar-refractivity contribution in [2.24, 2.45) is 0 Å². The summed E-state index contributed by atoms with van der Waals surface area (Å²) < 4.78 is 0. The Morgan fingerprint density at radius 3 is 2.21 bits per heavy atom. The molecule has 0 amide bonds. The Kier molecular flexibility index (Phi) is 7.41. The fraction of sp³-hybridized carbons (Fsp3) is 0.875. The predicted molar refractivity (Wildman–Crippen MR) is 90.2 cm³/mol. The van der Waals surface area contributed by atoms with Crippen molar-refractivity contribution in [2.75, 3.05) is 58.9 Å². The van der Waals surface area contributed by atoms with Crippen LogP contribution in [-0.2, 0) is 9.59 Å². The summed E-state index contributed by atoms with van der Waals surface area (Å²) in [7, 11) is 0. The largest absolute Gasteiger partial charge is 0.481 e. The van der Waals surface area contributed by atoms with Gasteiger partial charge in [-0.15, -0.1) is 0 Å². The van der Waals surface area contributed by atoms with Crippen LogP contribution in [0.5, 0.6) is 0 Å². The van der Waals surface area contributed by atoms with Crippen LogP contribution in [0.15, 0.2) is 0 Å². The number of nitrogens with zero attached hydrogens (tertiary/aromatic N) is 2. The van der Waals surface area contributed by atoms with Crippen LogP contribution in [0.1, 0.15) is 25.7 Å². The summed E-state index contributed by atoms with van der Waals surface area (Å²) in [5.74, 6) is -1.88. The van der Waals surface area contributed by atoms with Gasteiger partial charge in [-0.05, 0) is 32.5 Å². The molecule has 0 spiro atoms. The molecule has 2 aliphatic rings. The van der Waals surface area contributed by atoms with Crippen molar-refractivity contribution in [3.63, 3.8) is 0 Å². The lowest BCUT2D eigenvalue weighted by molar-refractivity contribution is -0.145. The molecule has 2 atom stereocenters. The van der Waals surface area contributed by atoms with E-state index in [-0.39, 0.29) is 12.8 Å². The normalized spacial score (nSPS) is 28.8. The van der Waals surface area contributed by atoms with Crippen molar-refractivity contribution in [1.29, 1.82) is 0 Å². The van der Waals surface area contributed by atoms with Gasteiger partial charge >= 0.3 is 11.9 Å². The molecule has 0 aromatic rings. The molecule has 0 saturated carbocycles. The monoisotopic (exact) mass is 342 g/mol. The summed E-state index contributed by atoms with van der Waals surface area (Å²) in [5, 5.41) is 25.6. The molecule has 2 bridgehead atoms. The molecule has 138 valence electrons. The molecule has 8 nitrogen and oxygen atoms in total. The molecule has 2 unspecified atom stereocenters. The Balaban J connectivity index is 2.27. The van der Waals surface area contributed by atoms with E-state index in [2.05, 4.69) is 20.4 Å². The Bertz CT molecular complexity index is 414. The number of fused-ring (bicyclic) bond motifs is 3. The summed E-state index contributed by atoms with van der Waals surface area (Å²) in [6.45, 7) is 7.26. The minimum Gasteiger partial charge on any atom is -0.481 e. The molecule has 0 aromatic heterocycles. The second kappa shape index (κ2) is 9.31. The van der Waals surface area contributed by atoms with Gasteiger partial charge in [-0.25, -0.2) is 0 Å². The summed E-state index contributed by atoms with van der Waals surface area (Å²) in [4.78, 5) is 27.5. The zero-order valence-corrected chi connectivity index (χ0v) is 14.3. The highest BCUT2D eigenvalue weighted by Gasteiger charge is 2.41. The van der Waals surface area contributed by atoms with Gasteiger partial charge in [0.2, 0.25) is 0 Å². The molecule has 0 aliphatic carbocycles. The van der Waals surface area contributed by atoms with Crippen molar-refractivity contribution >= 4 is 11.9 Å². The fourth-order valence-electron chi connectivity index (χ4n) is 3.78. The van der Waals surface area contributed by atoms with Crippen LogP contribution in [0.4, 0.5) is 0 Å². The van der Waals surface area contributed by atoms with Crippen molar-refractivity contribution < 1.29 is 19.8 Å². The van der Waals surface area contributed by atoms with Crippen LogP contribution in [0.3, 0.4) is 0 Å². The first-order valence-electron chi connectivity index (χ1n) is 8.84. The lowest BCUT2D eigenvalue weighted by atomic mass is 9.87. The van der Waals surface area contributed by atoms with E-state index < -0.39 is 17.5 Å². The average molecular weight is 342 g/mol. The zero-order chi connectivity index (χ0) is 17.4. The lowest BCUT2D eigenvalue weighted by Gasteiger charge is -2.44. The Hall–Kier alpha value is -1.22. The summed E-state index contributed by atoms with van der Waals surface area (Å²) in [6.07, 6.45) is 1.57. The average Bonchev–Trinajstić information content (AvgIpc) is 2.51. The van der Waals surface area contributed by atoms with Crippen LogP contribution >= 0.6 is 0 Å². The van der Waals surface area contributed by atoms with Crippen LogP contribution in [0.25, 0.3) is 0 Å². The summed E-state index contributed by atoms with van der Waals surface area (Å²) >= 11 is 0. The maximum atomic E-state index is 11.5. The Labute approximate surface area is 143 Å². The Morgan fingerprint density at radius 2 is 1.50 bits per heavy atom. The number of aliphatic carboxylic acids is 2. The topological polar surface area (TPSA) is 105 Å². The van der Waals surface area contributed by atoms with Crippen molar-refractivity contribution in [3.05, 3.63) is 0 Å². The maximum Gasteiger partial charge on any atom is 0.305 e. The number of carboxylic acid groups (broad SMARTS) is 2. The third kappa shape index (κ3) is 5.70. The van der Waals surface area contributed by atoms with Gasteiger partial charge in [-0.2, -0.15) is 0 Å². The molecule has 8 heteroatoms. The van der Waals surface area contributed by atoms with E-state index in [9.17, 15) is 19.8 Å². The van der Waals surface area contributed by atoms with Crippen LogP contribution in [0.2, 0.25) is 0 Å². The summed E-state index contributed by atoms with van der Waals surface area (Å²) in [5.41, 5.74) is -0.875. The van der Waals surface area contributed by atoms with Crippen molar-refractivity contribution in [2.45, 2.75) is 31.2 Å². The highest BCUT2D eigenvalue weighted by Crippen LogP contribution is 2.25. The molecule has 0 aromatic carbocycles. The van der Waals surface area contributed by atoms with Gasteiger partial charge in [0.1, 0.15) is 0 Å². The van der Waals surface area contributed by atoms with Gasteiger partial charge in [-0.3, -0.25) is 14.5 Å². The van der Waals surface area contributed by atoms with Crippen LogP contribution < -0.4 is 10.6 Å². The van der Waals surface area contributed by atoms with Gasteiger partial charge in [0.25, 0.3) is 0 Å². The SMILES string of the molecule is O=C(O)CC1(CC(=O)O)CNCCCN2CCNCCCN1CC2. The van der Waals surface area contributed by atoms with Crippen LogP contribution in [0, 0.1) is 0 Å². The fourth-order valence-corrected chi connectivity index (χ4v) is 3.78. The highest BCUT2D eigenvalue weighted by molar-refractivity contribution is 5.73. The predicted octanol–water partition coefficient (Wildman–Crippen LogP) is -0.735. The smallest absolute Gasteiger partial charge is 0.305 e. The van der Waals surface area contributed by atoms with E-state index in [0.29, 0.717) is 19.6 Å². The second-order valence-corrected chi connectivity index (χ2v) is 6.83. The molecule has 24 heavy (non-hydrogen) atoms. The van der Waals surface area contributed by atoms with Gasteiger partial charge in [0.05, 0.1) is 18.4 Å². The minimum atomic E-state index is -0.942. The van der Waals surface area contributed by atoms with E-state index in [4.69, 9.17) is 0 Å². The first-order valence-corrected chi connectivity index (χ1v) is 8.84. The van der Waals surface area contributed by atoms with Crippen molar-refractivity contribution in [3.8, 4) is 0 Å². The van der Waals surface area contributed by atoms with Gasteiger partial charge in [0.15, 0.2) is 0 Å². The number of carbonyl (C=O) groups is 2. The molecule has 2 heterocycles. The molecule has 2 rings (SSSR count). The van der Waals surface area contributed by atoms with Gasteiger partial charge in [-0.1, -0.05) is 0 Å². The molecule has 2 fully saturated rings. The van der Waals surface area contributed by atoms with E-state index in [0.717, 1.165) is 52.1 Å². The van der Waals surface area contributed by atoms with Gasteiger partial charge in [0, 0.05) is 39.3 Å². The number of nitrogens with one attached hydrogen (secondary N) is 2. The molecule has 4 N–H and O–H groups in total.